The Morgan fingerprint density at radius 2 is 2.33 bits per heavy atom. The molecule has 1 amide bonds. The summed E-state index contributed by atoms with van der Waals surface area (Å²) in [6, 6.07) is 6.90. The Morgan fingerprint density at radius 3 is 3.06 bits per heavy atom. The van der Waals surface area contributed by atoms with Crippen molar-refractivity contribution in [2.24, 2.45) is 0 Å². The molecule has 1 heterocycles. The van der Waals surface area contributed by atoms with Gasteiger partial charge < -0.3 is 9.32 Å². The van der Waals surface area contributed by atoms with Gasteiger partial charge in [0.25, 0.3) is 0 Å². The second kappa shape index (κ2) is 4.75. The SMILES string of the molecule is CN(CCc1ccc2[nH]c(=O)oc2c1)C(=O)C#N. The molecule has 0 saturated heterocycles. The number of nitrogens with one attached hydrogen (secondary N) is 1. The summed E-state index contributed by atoms with van der Waals surface area (Å²) >= 11 is 0. The van der Waals surface area contributed by atoms with Crippen LogP contribution in [0.5, 0.6) is 0 Å². The van der Waals surface area contributed by atoms with E-state index in [1.807, 2.05) is 6.07 Å². The second-order valence-electron chi connectivity index (χ2n) is 3.93. The Hall–Kier alpha value is -2.55. The molecule has 2 rings (SSSR count). The molecule has 0 radical (unpaired) electrons. The van der Waals surface area contributed by atoms with Crippen molar-refractivity contribution >= 4 is 17.0 Å². The minimum atomic E-state index is -0.566. The number of aromatic amines is 1. The molecule has 0 bridgehead atoms. The van der Waals surface area contributed by atoms with Crippen molar-refractivity contribution in [3.05, 3.63) is 34.3 Å². The summed E-state index contributed by atoms with van der Waals surface area (Å²) in [5.74, 6) is -1.05. The fourth-order valence-corrected chi connectivity index (χ4v) is 1.63. The summed E-state index contributed by atoms with van der Waals surface area (Å²) in [6.07, 6.45) is 0.592. The van der Waals surface area contributed by atoms with Crippen molar-refractivity contribution < 1.29 is 9.21 Å². The molecule has 0 fully saturated rings. The van der Waals surface area contributed by atoms with Gasteiger partial charge in [0.2, 0.25) is 0 Å². The third-order valence-electron chi connectivity index (χ3n) is 2.66. The summed E-state index contributed by atoms with van der Waals surface area (Å²) in [7, 11) is 1.57. The predicted octanol–water partition coefficient (Wildman–Crippen LogP) is 0.646. The first-order chi connectivity index (χ1) is 8.60. The van der Waals surface area contributed by atoms with Crippen molar-refractivity contribution in [1.29, 1.82) is 5.26 Å². The Morgan fingerprint density at radius 1 is 1.56 bits per heavy atom. The van der Waals surface area contributed by atoms with E-state index in [0.29, 0.717) is 24.1 Å². The van der Waals surface area contributed by atoms with Crippen LogP contribution in [0.1, 0.15) is 5.56 Å². The van der Waals surface area contributed by atoms with E-state index in [9.17, 15) is 9.59 Å². The topological polar surface area (TPSA) is 90.1 Å². The van der Waals surface area contributed by atoms with Crippen molar-refractivity contribution in [2.45, 2.75) is 6.42 Å². The van der Waals surface area contributed by atoms with Gasteiger partial charge in [-0.25, -0.2) is 4.79 Å². The lowest BCUT2D eigenvalue weighted by Crippen LogP contribution is -2.27. The van der Waals surface area contributed by atoms with Crippen molar-refractivity contribution in [1.82, 2.24) is 9.88 Å². The molecule has 0 spiro atoms. The van der Waals surface area contributed by atoms with E-state index in [4.69, 9.17) is 9.68 Å². The molecule has 2 aromatic rings. The van der Waals surface area contributed by atoms with Crippen LogP contribution in [0.25, 0.3) is 11.1 Å². The summed E-state index contributed by atoms with van der Waals surface area (Å²) in [5, 5.41) is 8.45. The first-order valence-corrected chi connectivity index (χ1v) is 5.37. The predicted molar refractivity (Wildman–Crippen MR) is 63.8 cm³/mol. The standard InChI is InChI=1S/C12H11N3O3/c1-15(11(16)7-13)5-4-8-2-3-9-10(6-8)18-12(17)14-9/h2-3,6H,4-5H2,1H3,(H,14,17). The number of benzene rings is 1. The number of H-pyrrole nitrogens is 1. The molecule has 1 aromatic carbocycles. The first kappa shape index (κ1) is 11.9. The van der Waals surface area contributed by atoms with Gasteiger partial charge in [-0.15, -0.1) is 0 Å². The number of nitrogens with zero attached hydrogens (tertiary/aromatic N) is 2. The minimum Gasteiger partial charge on any atom is -0.408 e. The Kier molecular flexibility index (Phi) is 3.15. The van der Waals surface area contributed by atoms with Crippen molar-refractivity contribution in [3.8, 4) is 6.07 Å². The Bertz CT molecular complexity index is 678. The first-order valence-electron chi connectivity index (χ1n) is 5.37. The van der Waals surface area contributed by atoms with Gasteiger partial charge in [0.1, 0.15) is 0 Å². The number of amides is 1. The third kappa shape index (κ3) is 2.40. The molecule has 92 valence electrons. The van der Waals surface area contributed by atoms with Crippen LogP contribution in [-0.2, 0) is 11.2 Å². The lowest BCUT2D eigenvalue weighted by atomic mass is 10.1. The van der Waals surface area contributed by atoms with E-state index >= 15 is 0 Å². The van der Waals surface area contributed by atoms with Gasteiger partial charge in [-0.05, 0) is 24.1 Å². The summed E-state index contributed by atoms with van der Waals surface area (Å²) in [6.45, 7) is 0.437. The van der Waals surface area contributed by atoms with Gasteiger partial charge in [-0.1, -0.05) is 6.07 Å². The number of fused-ring (bicyclic) bond motifs is 1. The van der Waals surface area contributed by atoms with E-state index in [2.05, 4.69) is 4.98 Å². The van der Waals surface area contributed by atoms with Crippen LogP contribution in [0, 0.1) is 11.3 Å². The monoisotopic (exact) mass is 245 g/mol. The number of carbonyl (C=O) groups excluding carboxylic acids is 1. The summed E-state index contributed by atoms with van der Waals surface area (Å²) < 4.78 is 4.94. The molecule has 0 saturated carbocycles. The third-order valence-corrected chi connectivity index (χ3v) is 2.66. The fourth-order valence-electron chi connectivity index (χ4n) is 1.63. The molecule has 0 aliphatic carbocycles. The van der Waals surface area contributed by atoms with Crippen LogP contribution in [-0.4, -0.2) is 29.4 Å². The Balaban J connectivity index is 2.10. The largest absolute Gasteiger partial charge is 0.417 e. The summed E-state index contributed by atoms with van der Waals surface area (Å²) in [5.41, 5.74) is 2.07. The molecule has 6 nitrogen and oxygen atoms in total. The van der Waals surface area contributed by atoms with Crippen LogP contribution < -0.4 is 5.76 Å². The zero-order valence-corrected chi connectivity index (χ0v) is 9.77. The maximum absolute atomic E-state index is 11.0. The zero-order valence-electron chi connectivity index (χ0n) is 9.77. The number of oxazole rings is 1. The fraction of sp³-hybridized carbons (Fsp3) is 0.250. The van der Waals surface area contributed by atoms with E-state index in [1.165, 1.54) is 4.90 Å². The molecule has 1 aromatic heterocycles. The number of hydrogen-bond donors (Lipinski definition) is 1. The molecule has 0 atom stereocenters. The average Bonchev–Trinajstić information content (AvgIpc) is 2.74. The average molecular weight is 245 g/mol. The number of aromatic nitrogens is 1. The van der Waals surface area contributed by atoms with Gasteiger partial charge in [0.15, 0.2) is 11.7 Å². The van der Waals surface area contributed by atoms with Gasteiger partial charge in [0, 0.05) is 13.6 Å². The van der Waals surface area contributed by atoms with Crippen LogP contribution in [0.4, 0.5) is 0 Å². The van der Waals surface area contributed by atoms with E-state index in [-0.39, 0.29) is 0 Å². The van der Waals surface area contributed by atoms with E-state index < -0.39 is 11.7 Å². The van der Waals surface area contributed by atoms with Gasteiger partial charge in [-0.2, -0.15) is 5.26 Å². The zero-order chi connectivity index (χ0) is 13.1. The van der Waals surface area contributed by atoms with Crippen LogP contribution in [0.15, 0.2) is 27.4 Å². The highest BCUT2D eigenvalue weighted by Crippen LogP contribution is 2.12. The molecule has 0 aliphatic heterocycles. The maximum atomic E-state index is 11.0. The molecular weight excluding hydrogens is 234 g/mol. The number of hydrogen-bond acceptors (Lipinski definition) is 4. The number of nitriles is 1. The molecule has 6 heteroatoms. The highest BCUT2D eigenvalue weighted by atomic mass is 16.4. The molecule has 18 heavy (non-hydrogen) atoms. The molecular formula is C12H11N3O3. The van der Waals surface area contributed by atoms with Crippen molar-refractivity contribution in [2.75, 3.05) is 13.6 Å². The van der Waals surface area contributed by atoms with Crippen molar-refractivity contribution in [3.63, 3.8) is 0 Å². The van der Waals surface area contributed by atoms with Gasteiger partial charge in [-0.3, -0.25) is 9.78 Å². The lowest BCUT2D eigenvalue weighted by Gasteiger charge is -2.12. The number of rotatable bonds is 3. The summed E-state index contributed by atoms with van der Waals surface area (Å²) in [4.78, 5) is 25.9. The minimum absolute atomic E-state index is 0.437. The molecule has 0 aliphatic rings. The highest BCUT2D eigenvalue weighted by Gasteiger charge is 2.07. The quantitative estimate of drug-likeness (QED) is 0.803. The maximum Gasteiger partial charge on any atom is 0.417 e. The van der Waals surface area contributed by atoms with Crippen LogP contribution in [0.2, 0.25) is 0 Å². The molecule has 0 unspecified atom stereocenters. The lowest BCUT2D eigenvalue weighted by molar-refractivity contribution is -0.124. The number of likely N-dealkylation sites (N-methyl/N-ethyl adjacent to an activating group) is 1. The normalized spacial score (nSPS) is 10.2. The van der Waals surface area contributed by atoms with Crippen LogP contribution in [0.3, 0.4) is 0 Å². The smallest absolute Gasteiger partial charge is 0.408 e. The second-order valence-corrected chi connectivity index (χ2v) is 3.93. The molecule has 1 N–H and O–H groups in total. The van der Waals surface area contributed by atoms with E-state index in [0.717, 1.165) is 5.56 Å². The number of carbonyl (C=O) groups is 1. The van der Waals surface area contributed by atoms with Gasteiger partial charge >= 0.3 is 11.7 Å². The van der Waals surface area contributed by atoms with E-state index in [1.54, 1.807) is 25.2 Å². The highest BCUT2D eigenvalue weighted by molar-refractivity contribution is 5.90. The van der Waals surface area contributed by atoms with Gasteiger partial charge in [0.05, 0.1) is 5.52 Å². The Labute approximate surface area is 102 Å². The van der Waals surface area contributed by atoms with Crippen LogP contribution >= 0.6 is 0 Å².